The van der Waals surface area contributed by atoms with Crippen LogP contribution in [0.1, 0.15) is 31.2 Å². The van der Waals surface area contributed by atoms with Gasteiger partial charge in [-0.1, -0.05) is 42.1 Å². The molecule has 2 aliphatic rings. The highest BCUT2D eigenvalue weighted by Crippen LogP contribution is 2.30. The summed E-state index contributed by atoms with van der Waals surface area (Å²) in [5.74, 6) is 2.43. The molecule has 1 saturated carbocycles. The Bertz CT molecular complexity index is 476. The number of benzene rings is 1. The molecular weight excluding hydrogens is 373 g/mol. The minimum atomic E-state index is 0. The summed E-state index contributed by atoms with van der Waals surface area (Å²) in [6.45, 7) is 1.91. The average Bonchev–Trinajstić information content (AvgIpc) is 3.05. The van der Waals surface area contributed by atoms with Gasteiger partial charge < -0.3 is 4.74 Å². The third-order valence-electron chi connectivity index (χ3n) is 4.66. The minimum absolute atomic E-state index is 0. The van der Waals surface area contributed by atoms with Gasteiger partial charge in [0.15, 0.2) is 0 Å². The van der Waals surface area contributed by atoms with E-state index >= 15 is 0 Å². The molecule has 0 amide bonds. The van der Waals surface area contributed by atoms with Crippen LogP contribution in [0, 0.1) is 0 Å². The standard InChI is InChI=1S/C17H23Cl2NOS.ClH/c18-14-4-3-5-15(19)13(14)8-10-21-17-7-2-1-6-16(17)20-9-11-22-12-20;/h3-5,16-17H,1-2,6-12H2;1H. The van der Waals surface area contributed by atoms with E-state index in [4.69, 9.17) is 27.9 Å². The largest absolute Gasteiger partial charge is 0.376 e. The third kappa shape index (κ3) is 5.17. The van der Waals surface area contributed by atoms with Crippen LogP contribution in [0.3, 0.4) is 0 Å². The Morgan fingerprint density at radius 1 is 1.17 bits per heavy atom. The van der Waals surface area contributed by atoms with Crippen LogP contribution in [0.4, 0.5) is 0 Å². The SMILES string of the molecule is Cl.Clc1cccc(Cl)c1CCOC1CCCCC1N1CCSC1. The first-order valence-corrected chi connectivity index (χ1v) is 10.0. The van der Waals surface area contributed by atoms with E-state index in [1.165, 1.54) is 43.9 Å². The van der Waals surface area contributed by atoms with Crippen molar-refractivity contribution >= 4 is 47.4 Å². The molecule has 6 heteroatoms. The first-order valence-electron chi connectivity index (χ1n) is 8.12. The lowest BCUT2D eigenvalue weighted by atomic mass is 9.91. The van der Waals surface area contributed by atoms with Crippen molar-refractivity contribution < 1.29 is 4.74 Å². The first-order chi connectivity index (χ1) is 10.8. The predicted octanol–water partition coefficient (Wildman–Crippen LogP) is 5.29. The summed E-state index contributed by atoms with van der Waals surface area (Å²) < 4.78 is 6.25. The first kappa shape index (κ1) is 19.7. The van der Waals surface area contributed by atoms with Crippen molar-refractivity contribution in [3.63, 3.8) is 0 Å². The molecule has 1 saturated heterocycles. The molecule has 0 bridgehead atoms. The molecule has 1 aliphatic heterocycles. The van der Waals surface area contributed by atoms with Gasteiger partial charge in [0.25, 0.3) is 0 Å². The van der Waals surface area contributed by atoms with Crippen LogP contribution in [-0.2, 0) is 11.2 Å². The fourth-order valence-corrected chi connectivity index (χ4v) is 5.10. The van der Waals surface area contributed by atoms with Crippen molar-refractivity contribution in [2.45, 2.75) is 44.2 Å². The van der Waals surface area contributed by atoms with Gasteiger partial charge in [-0.05, 0) is 37.0 Å². The average molecular weight is 397 g/mol. The Balaban J connectivity index is 0.00000192. The molecule has 2 nitrogen and oxygen atoms in total. The Hall–Kier alpha value is 0.360. The molecule has 1 aromatic carbocycles. The maximum absolute atomic E-state index is 6.25. The van der Waals surface area contributed by atoms with Crippen LogP contribution < -0.4 is 0 Å². The highest BCUT2D eigenvalue weighted by atomic mass is 35.5. The zero-order valence-corrected chi connectivity index (χ0v) is 16.3. The van der Waals surface area contributed by atoms with Gasteiger partial charge in [-0.15, -0.1) is 24.2 Å². The molecule has 0 aromatic heterocycles. The Morgan fingerprint density at radius 2 is 1.91 bits per heavy atom. The van der Waals surface area contributed by atoms with Crippen LogP contribution in [-0.4, -0.2) is 41.8 Å². The summed E-state index contributed by atoms with van der Waals surface area (Å²) in [4.78, 5) is 2.61. The summed E-state index contributed by atoms with van der Waals surface area (Å²) in [6.07, 6.45) is 6.24. The van der Waals surface area contributed by atoms with E-state index in [0.717, 1.165) is 22.0 Å². The highest BCUT2D eigenvalue weighted by molar-refractivity contribution is 7.99. The van der Waals surface area contributed by atoms with Gasteiger partial charge in [0, 0.05) is 34.3 Å². The molecule has 1 heterocycles. The van der Waals surface area contributed by atoms with E-state index < -0.39 is 0 Å². The molecule has 0 N–H and O–H groups in total. The van der Waals surface area contributed by atoms with E-state index in [1.54, 1.807) is 0 Å². The quantitative estimate of drug-likeness (QED) is 0.671. The Morgan fingerprint density at radius 3 is 2.61 bits per heavy atom. The molecule has 23 heavy (non-hydrogen) atoms. The van der Waals surface area contributed by atoms with Gasteiger partial charge in [0.05, 0.1) is 12.7 Å². The maximum atomic E-state index is 6.25. The second-order valence-corrected chi connectivity index (χ2v) is 7.95. The second kappa shape index (κ2) is 9.74. The smallest absolute Gasteiger partial charge is 0.0730 e. The number of ether oxygens (including phenoxy) is 1. The van der Waals surface area contributed by atoms with Gasteiger partial charge in [0.1, 0.15) is 0 Å². The number of thioether (sulfide) groups is 1. The van der Waals surface area contributed by atoms with Crippen molar-refractivity contribution in [1.82, 2.24) is 4.90 Å². The van der Waals surface area contributed by atoms with Gasteiger partial charge >= 0.3 is 0 Å². The second-order valence-electron chi connectivity index (χ2n) is 6.06. The third-order valence-corrected chi connectivity index (χ3v) is 6.36. The van der Waals surface area contributed by atoms with Crippen LogP contribution in [0.5, 0.6) is 0 Å². The molecule has 1 aliphatic carbocycles. The number of hydrogen-bond acceptors (Lipinski definition) is 3. The molecule has 3 rings (SSSR count). The highest BCUT2D eigenvalue weighted by Gasteiger charge is 2.32. The molecule has 0 radical (unpaired) electrons. The van der Waals surface area contributed by atoms with Gasteiger partial charge in [0.2, 0.25) is 0 Å². The summed E-state index contributed by atoms with van der Waals surface area (Å²) in [5.41, 5.74) is 1.01. The molecule has 2 atom stereocenters. The van der Waals surface area contributed by atoms with Crippen LogP contribution >= 0.6 is 47.4 Å². The number of rotatable bonds is 5. The zero-order chi connectivity index (χ0) is 15.4. The molecule has 0 spiro atoms. The summed E-state index contributed by atoms with van der Waals surface area (Å²) in [7, 11) is 0. The lowest BCUT2D eigenvalue weighted by molar-refractivity contribution is -0.0270. The van der Waals surface area contributed by atoms with Crippen LogP contribution in [0.15, 0.2) is 18.2 Å². The molecule has 130 valence electrons. The number of hydrogen-bond donors (Lipinski definition) is 0. The topological polar surface area (TPSA) is 12.5 Å². The van der Waals surface area contributed by atoms with Crippen molar-refractivity contribution in [3.8, 4) is 0 Å². The van der Waals surface area contributed by atoms with E-state index in [-0.39, 0.29) is 12.4 Å². The van der Waals surface area contributed by atoms with Crippen molar-refractivity contribution in [2.24, 2.45) is 0 Å². The summed E-state index contributed by atoms with van der Waals surface area (Å²) in [5, 5.41) is 1.49. The summed E-state index contributed by atoms with van der Waals surface area (Å²) >= 11 is 14.5. The zero-order valence-electron chi connectivity index (χ0n) is 13.2. The lowest BCUT2D eigenvalue weighted by Gasteiger charge is -2.37. The van der Waals surface area contributed by atoms with Crippen molar-refractivity contribution in [3.05, 3.63) is 33.8 Å². The van der Waals surface area contributed by atoms with E-state index in [1.807, 2.05) is 30.0 Å². The number of halogens is 3. The summed E-state index contributed by atoms with van der Waals surface area (Å²) in [6, 6.07) is 6.28. The molecule has 1 aromatic rings. The Kier molecular flexibility index (Phi) is 8.34. The fraction of sp³-hybridized carbons (Fsp3) is 0.647. The normalized spacial score (nSPS) is 25.3. The maximum Gasteiger partial charge on any atom is 0.0730 e. The monoisotopic (exact) mass is 395 g/mol. The fourth-order valence-electron chi connectivity index (χ4n) is 3.46. The van der Waals surface area contributed by atoms with Crippen molar-refractivity contribution in [1.29, 1.82) is 0 Å². The lowest BCUT2D eigenvalue weighted by Crippen LogP contribution is -2.45. The molecule has 2 unspecified atom stereocenters. The van der Waals surface area contributed by atoms with Gasteiger partial charge in [-0.2, -0.15) is 0 Å². The molecular formula is C17H24Cl3NOS. The van der Waals surface area contributed by atoms with E-state index in [2.05, 4.69) is 4.90 Å². The Labute approximate surface area is 159 Å². The van der Waals surface area contributed by atoms with Crippen LogP contribution in [0.25, 0.3) is 0 Å². The van der Waals surface area contributed by atoms with E-state index in [0.29, 0.717) is 18.8 Å². The van der Waals surface area contributed by atoms with Crippen LogP contribution in [0.2, 0.25) is 10.0 Å². The minimum Gasteiger partial charge on any atom is -0.376 e. The van der Waals surface area contributed by atoms with Gasteiger partial charge in [-0.25, -0.2) is 0 Å². The molecule has 2 fully saturated rings. The van der Waals surface area contributed by atoms with Gasteiger partial charge in [-0.3, -0.25) is 4.90 Å². The van der Waals surface area contributed by atoms with Crippen molar-refractivity contribution in [2.75, 3.05) is 24.8 Å². The van der Waals surface area contributed by atoms with E-state index in [9.17, 15) is 0 Å². The predicted molar refractivity (Wildman–Crippen MR) is 103 cm³/mol. The number of nitrogens with zero attached hydrogens (tertiary/aromatic N) is 1.